The molecule has 0 spiro atoms. The summed E-state index contributed by atoms with van der Waals surface area (Å²) in [7, 11) is 0. The highest BCUT2D eigenvalue weighted by molar-refractivity contribution is 6.08. The lowest BCUT2D eigenvalue weighted by Crippen LogP contribution is -2.57. The second-order valence-corrected chi connectivity index (χ2v) is 29.9. The zero-order valence-corrected chi connectivity index (χ0v) is 67.6. The molecule has 3 heterocycles. The van der Waals surface area contributed by atoms with E-state index in [0.29, 0.717) is 126 Å². The van der Waals surface area contributed by atoms with Gasteiger partial charge in [0.05, 0.1) is 12.1 Å². The Morgan fingerprint density at radius 2 is 0.622 bits per heavy atom. The van der Waals surface area contributed by atoms with Crippen molar-refractivity contribution in [3.05, 3.63) is 233 Å². The van der Waals surface area contributed by atoms with Gasteiger partial charge in [0.2, 0.25) is 41.4 Å². The zero-order chi connectivity index (χ0) is 85.2. The van der Waals surface area contributed by atoms with Crippen molar-refractivity contribution in [2.24, 2.45) is 34.6 Å². The summed E-state index contributed by atoms with van der Waals surface area (Å²) in [5, 5.41) is 30.4. The molecule has 29 nitrogen and oxygen atoms in total. The molecule has 0 saturated heterocycles. The third-order valence-electron chi connectivity index (χ3n) is 20.5. The van der Waals surface area contributed by atoms with Crippen LogP contribution in [0.15, 0.2) is 199 Å². The molecule has 3 aromatic heterocycles. The largest absolute Gasteiger partial charge is 0.361 e. The number of H-pyrrole nitrogens is 3. The summed E-state index contributed by atoms with van der Waals surface area (Å²) in [4.78, 5) is 173. The molecular weight excluding hydrogens is 1510 g/mol. The first-order valence-corrected chi connectivity index (χ1v) is 40.6. The van der Waals surface area contributed by atoms with Crippen LogP contribution in [0.1, 0.15) is 131 Å². The van der Waals surface area contributed by atoms with Gasteiger partial charge in [0.15, 0.2) is 5.78 Å². The molecule has 8 atom stereocenters. The van der Waals surface area contributed by atoms with E-state index in [9.17, 15) is 24.0 Å². The highest BCUT2D eigenvalue weighted by Crippen LogP contribution is 2.25. The molecule has 119 heavy (non-hydrogen) atoms. The van der Waals surface area contributed by atoms with E-state index in [2.05, 4.69) is 68.1 Å². The maximum atomic E-state index is 15.6. The van der Waals surface area contributed by atoms with Crippen LogP contribution in [-0.4, -0.2) is 154 Å². The number of hydrogen-bond donors (Lipinski definition) is 18. The van der Waals surface area contributed by atoms with Gasteiger partial charge in [-0.25, -0.2) is 0 Å². The smallest absolute Gasteiger partial charge is 0.268 e. The van der Waals surface area contributed by atoms with Crippen molar-refractivity contribution in [3.8, 4) is 0 Å². The topological polar surface area (TPSA) is 486 Å². The monoisotopic (exact) mass is 1620 g/mol. The summed E-state index contributed by atoms with van der Waals surface area (Å²) in [5.41, 5.74) is 34.2. The minimum atomic E-state index is -1.52. The molecule has 0 aliphatic rings. The lowest BCUT2D eigenvalue weighted by atomic mass is 10.0. The molecule has 0 aliphatic heterocycles. The predicted octanol–water partition coefficient (Wildman–Crippen LogP) is 6.11. The highest BCUT2D eigenvalue weighted by atomic mass is 16.2. The Morgan fingerprint density at radius 1 is 0.328 bits per heavy atom. The Morgan fingerprint density at radius 3 is 0.966 bits per heavy atom. The van der Waals surface area contributed by atoms with Crippen molar-refractivity contribution in [2.75, 3.05) is 26.2 Å². The van der Waals surface area contributed by atoms with Crippen LogP contribution in [-0.2, 0) is 72.0 Å². The van der Waals surface area contributed by atoms with Crippen LogP contribution in [0.5, 0.6) is 0 Å². The predicted molar refractivity (Wildman–Crippen MR) is 462 cm³/mol. The number of ketones is 1. The number of Topliss-reactive ketones (excluding diaryl/α,β-unsaturated/α-hetero) is 1. The standard InChI is InChI=1S/C90H112N18O11/c1-56(2)80(108-81(110)67(95)36-19-23-43-91)90(119)107-76(49-60-31-11-6-12-32-60)85(114)101-73(42-22-26-46-94)83(112)104-78(51-62-54-97-70-39-17-14-34-65(62)70)88(117)102-74(47-58-27-7-4-8-28-58)84(113)100-72(41-21-25-45-93)82(111)105-79(52-63-55-98-71-40-18-15-35-66(63)71)89(118)103-75(48-59-29-9-5-10-30-59)86(115)106-77(50-61-53-96-69-38-16-13-33-64(61)69)87(116)99-68(57(3)109)37-20-24-44-92/h4-18,27-35,38-40,47-49,53-56,67-68,72-73,77-80,96-98H,19-26,36-37,41-46,50-52,91-95H2,1-3H3,(H,99,116)(H,100,113)(H,101,114)(H,102,117)(H,103,118)(H,104,112)(H,105,111)(H,106,115)(H,107,119)(H,108,110)/b74-47+,75-48+,76-49+/t67-,68-,72-,73-,77-,78-,79-,80-/m0/s1. The molecule has 0 fully saturated rings. The van der Waals surface area contributed by atoms with E-state index in [-0.39, 0.29) is 74.5 Å². The molecule has 23 N–H and O–H groups in total. The lowest BCUT2D eigenvalue weighted by Gasteiger charge is -2.26. The Bertz CT molecular complexity index is 5020. The molecule has 9 aromatic rings. The van der Waals surface area contributed by atoms with E-state index in [1.807, 2.05) is 72.8 Å². The molecule has 0 unspecified atom stereocenters. The van der Waals surface area contributed by atoms with Gasteiger partial charge in [-0.15, -0.1) is 0 Å². The molecule has 0 saturated carbocycles. The number of fused-ring (bicyclic) bond motifs is 3. The summed E-state index contributed by atoms with van der Waals surface area (Å²) >= 11 is 0. The molecule has 29 heteroatoms. The fourth-order valence-corrected chi connectivity index (χ4v) is 13.8. The summed E-state index contributed by atoms with van der Waals surface area (Å²) in [6.45, 7) is 6.04. The summed E-state index contributed by atoms with van der Waals surface area (Å²) in [6.07, 6.45) is 13.3. The van der Waals surface area contributed by atoms with Crippen LogP contribution in [0.4, 0.5) is 0 Å². The number of aromatic nitrogens is 3. The van der Waals surface area contributed by atoms with Crippen molar-refractivity contribution >= 4 is 116 Å². The quantitative estimate of drug-likeness (QED) is 0.0151. The van der Waals surface area contributed by atoms with Gasteiger partial charge in [-0.1, -0.05) is 166 Å². The molecule has 9 rings (SSSR count). The first-order chi connectivity index (χ1) is 57.5. The van der Waals surface area contributed by atoms with Gasteiger partial charge in [-0.3, -0.25) is 52.7 Å². The zero-order valence-electron chi connectivity index (χ0n) is 67.6. The number of carbonyl (C=O) groups excluding carboxylic acids is 11. The first kappa shape index (κ1) is 90.2. The third kappa shape index (κ3) is 27.2. The Labute approximate surface area is 692 Å². The van der Waals surface area contributed by atoms with Crippen LogP contribution < -0.4 is 81.8 Å². The number of hydrogen-bond acceptors (Lipinski definition) is 16. The van der Waals surface area contributed by atoms with Crippen LogP contribution in [0, 0.1) is 5.92 Å². The SMILES string of the molecule is CC(=O)[C@H](CCCCN)NC(=O)[C@H](Cc1c[nH]c2ccccc12)NC(=O)/C(=C\c1ccccc1)NC(=O)[C@H](Cc1c[nH]c2ccccc12)NC(=O)[C@H](CCCCN)NC(=O)/C(=C\c1ccccc1)NC(=O)[C@H](Cc1c[nH]c2ccccc12)NC(=O)[C@H](CCCCN)NC(=O)/C(=C\c1ccccc1)NC(=O)[C@@H](NC(=O)[C@@H](N)CCCCN)C(C)C. The average Bonchev–Trinajstić information content (AvgIpc) is 1.45. The van der Waals surface area contributed by atoms with E-state index in [1.54, 1.807) is 123 Å². The molecule has 0 bridgehead atoms. The number of aromatic amines is 3. The van der Waals surface area contributed by atoms with Gasteiger partial charge in [0.25, 0.3) is 17.7 Å². The Balaban J connectivity index is 1.02. The van der Waals surface area contributed by atoms with E-state index >= 15 is 28.8 Å². The minimum absolute atomic E-state index is 0.00934. The second-order valence-electron chi connectivity index (χ2n) is 29.9. The minimum Gasteiger partial charge on any atom is -0.361 e. The van der Waals surface area contributed by atoms with Crippen molar-refractivity contribution < 1.29 is 52.7 Å². The van der Waals surface area contributed by atoms with Gasteiger partial charge in [-0.05, 0) is 179 Å². The number of benzene rings is 6. The van der Waals surface area contributed by atoms with E-state index in [1.165, 1.54) is 25.2 Å². The van der Waals surface area contributed by atoms with Crippen LogP contribution in [0.25, 0.3) is 50.9 Å². The molecular formula is C90H112N18O11. The number of rotatable bonds is 47. The molecule has 628 valence electrons. The molecule has 6 aromatic carbocycles. The number of para-hydroxylation sites is 3. The Kier molecular flexibility index (Phi) is 35.1. The van der Waals surface area contributed by atoms with Gasteiger partial charge in [0.1, 0.15) is 53.3 Å². The van der Waals surface area contributed by atoms with Gasteiger partial charge in [0, 0.05) is 70.6 Å². The maximum Gasteiger partial charge on any atom is 0.268 e. The normalized spacial score (nSPS) is 13.8. The summed E-state index contributed by atoms with van der Waals surface area (Å²) in [5.74, 6) is -9.00. The second kappa shape index (κ2) is 46.3. The maximum absolute atomic E-state index is 15.6. The fourth-order valence-electron chi connectivity index (χ4n) is 13.8. The number of carbonyl (C=O) groups is 11. The van der Waals surface area contributed by atoms with E-state index in [4.69, 9.17) is 28.7 Å². The van der Waals surface area contributed by atoms with Crippen LogP contribution >= 0.6 is 0 Å². The van der Waals surface area contributed by atoms with Crippen molar-refractivity contribution in [2.45, 2.75) is 165 Å². The van der Waals surface area contributed by atoms with Crippen molar-refractivity contribution in [1.29, 1.82) is 0 Å². The molecule has 10 amide bonds. The van der Waals surface area contributed by atoms with E-state index < -0.39 is 113 Å². The van der Waals surface area contributed by atoms with Crippen LogP contribution in [0.2, 0.25) is 0 Å². The van der Waals surface area contributed by atoms with Crippen molar-refractivity contribution in [1.82, 2.24) is 68.1 Å². The van der Waals surface area contributed by atoms with Crippen LogP contribution in [0.3, 0.4) is 0 Å². The Hall–Kier alpha value is -12.7. The first-order valence-electron chi connectivity index (χ1n) is 40.6. The number of nitrogens with two attached hydrogens (primary N) is 5. The molecule has 0 radical (unpaired) electrons. The van der Waals surface area contributed by atoms with Crippen molar-refractivity contribution in [3.63, 3.8) is 0 Å². The third-order valence-corrected chi connectivity index (χ3v) is 20.5. The van der Waals surface area contributed by atoms with Gasteiger partial charge in [-0.2, -0.15) is 0 Å². The summed E-state index contributed by atoms with van der Waals surface area (Å²) < 4.78 is 0. The van der Waals surface area contributed by atoms with Gasteiger partial charge < -0.3 is 96.8 Å². The summed E-state index contributed by atoms with van der Waals surface area (Å²) in [6, 6.07) is 37.6. The average molecular weight is 1620 g/mol. The fraction of sp³-hybridized carbons (Fsp3) is 0.344. The number of unbranched alkanes of at least 4 members (excludes halogenated alkanes) is 4. The van der Waals surface area contributed by atoms with E-state index in [0.717, 1.165) is 10.9 Å². The molecule has 0 aliphatic carbocycles. The number of nitrogens with one attached hydrogen (secondary N) is 13. The lowest BCUT2D eigenvalue weighted by molar-refractivity contribution is -0.133. The number of amides is 10. The van der Waals surface area contributed by atoms with Gasteiger partial charge >= 0.3 is 0 Å². The highest BCUT2D eigenvalue weighted by Gasteiger charge is 2.36.